The molecule has 0 spiro atoms. The minimum absolute atomic E-state index is 0.00288. The van der Waals surface area contributed by atoms with E-state index in [2.05, 4.69) is 10.6 Å². The molecular weight excluding hydrogens is 446 g/mol. The molecule has 0 radical (unpaired) electrons. The summed E-state index contributed by atoms with van der Waals surface area (Å²) in [4.78, 5) is 24.4. The van der Waals surface area contributed by atoms with Crippen molar-refractivity contribution in [1.82, 2.24) is 4.31 Å². The van der Waals surface area contributed by atoms with E-state index in [1.165, 1.54) is 37.6 Å². The molecule has 2 aromatic carbocycles. The number of sulfonamides is 1. The van der Waals surface area contributed by atoms with Crippen LogP contribution in [0.4, 0.5) is 11.4 Å². The SMILES string of the molecule is COc1ccc(S(=O)(=O)N2CCCCC2CC(=O)Nc2cc(NC(C)=O)ccc2OC)cc1. The maximum Gasteiger partial charge on any atom is 0.243 e. The molecule has 2 N–H and O–H groups in total. The summed E-state index contributed by atoms with van der Waals surface area (Å²) < 4.78 is 38.4. The van der Waals surface area contributed by atoms with Crippen LogP contribution in [-0.4, -0.2) is 51.3 Å². The van der Waals surface area contributed by atoms with E-state index in [0.717, 1.165) is 12.8 Å². The van der Waals surface area contributed by atoms with Gasteiger partial charge in [0, 0.05) is 31.6 Å². The van der Waals surface area contributed by atoms with E-state index in [1.54, 1.807) is 30.3 Å². The lowest BCUT2D eigenvalue weighted by Crippen LogP contribution is -2.45. The van der Waals surface area contributed by atoms with E-state index < -0.39 is 16.1 Å². The Bertz CT molecular complexity index is 1100. The van der Waals surface area contributed by atoms with Gasteiger partial charge in [-0.25, -0.2) is 8.42 Å². The largest absolute Gasteiger partial charge is 0.497 e. The Balaban J connectivity index is 1.77. The van der Waals surface area contributed by atoms with E-state index in [4.69, 9.17) is 9.47 Å². The zero-order valence-corrected chi connectivity index (χ0v) is 19.8. The number of nitrogens with one attached hydrogen (secondary N) is 2. The third-order valence-corrected chi connectivity index (χ3v) is 7.42. The molecule has 0 bridgehead atoms. The highest BCUT2D eigenvalue weighted by molar-refractivity contribution is 7.89. The number of nitrogens with zero attached hydrogens (tertiary/aromatic N) is 1. The molecule has 2 aromatic rings. The molecule has 3 rings (SSSR count). The quantitative estimate of drug-likeness (QED) is 0.606. The van der Waals surface area contributed by atoms with Crippen LogP contribution in [-0.2, 0) is 19.6 Å². The average Bonchev–Trinajstić information content (AvgIpc) is 2.79. The highest BCUT2D eigenvalue weighted by Crippen LogP contribution is 2.31. The first-order valence-corrected chi connectivity index (χ1v) is 12.1. The highest BCUT2D eigenvalue weighted by atomic mass is 32.2. The smallest absolute Gasteiger partial charge is 0.243 e. The highest BCUT2D eigenvalue weighted by Gasteiger charge is 2.34. The topological polar surface area (TPSA) is 114 Å². The van der Waals surface area contributed by atoms with Gasteiger partial charge in [0.15, 0.2) is 0 Å². The number of hydrogen-bond donors (Lipinski definition) is 2. The van der Waals surface area contributed by atoms with Crippen molar-refractivity contribution in [1.29, 1.82) is 0 Å². The summed E-state index contributed by atoms with van der Waals surface area (Å²) >= 11 is 0. The van der Waals surface area contributed by atoms with Gasteiger partial charge in [-0.05, 0) is 55.3 Å². The summed E-state index contributed by atoms with van der Waals surface area (Å²) in [6.45, 7) is 1.75. The molecule has 0 aromatic heterocycles. The van der Waals surface area contributed by atoms with Gasteiger partial charge in [-0.3, -0.25) is 9.59 Å². The number of anilines is 2. The zero-order chi connectivity index (χ0) is 24.0. The van der Waals surface area contributed by atoms with Crippen molar-refractivity contribution in [3.05, 3.63) is 42.5 Å². The second kappa shape index (κ2) is 10.7. The summed E-state index contributed by atoms with van der Waals surface area (Å²) in [7, 11) is -0.765. The lowest BCUT2D eigenvalue weighted by molar-refractivity contribution is -0.117. The molecule has 178 valence electrons. The fourth-order valence-electron chi connectivity index (χ4n) is 3.88. The summed E-state index contributed by atoms with van der Waals surface area (Å²) in [5.41, 5.74) is 0.911. The molecule has 1 heterocycles. The minimum Gasteiger partial charge on any atom is -0.497 e. The predicted molar refractivity (Wildman–Crippen MR) is 125 cm³/mol. The van der Waals surface area contributed by atoms with E-state index in [1.807, 2.05) is 0 Å². The minimum atomic E-state index is -3.76. The summed E-state index contributed by atoms with van der Waals surface area (Å²) in [6, 6.07) is 10.7. The summed E-state index contributed by atoms with van der Waals surface area (Å²) in [5, 5.41) is 5.46. The number of ether oxygens (including phenoxy) is 2. The van der Waals surface area contributed by atoms with Crippen LogP contribution < -0.4 is 20.1 Å². The lowest BCUT2D eigenvalue weighted by atomic mass is 10.0. The van der Waals surface area contributed by atoms with Crippen LogP contribution in [0.2, 0.25) is 0 Å². The van der Waals surface area contributed by atoms with Gasteiger partial charge in [0.1, 0.15) is 11.5 Å². The van der Waals surface area contributed by atoms with Crippen LogP contribution in [0.15, 0.2) is 47.4 Å². The van der Waals surface area contributed by atoms with Crippen LogP contribution in [0.3, 0.4) is 0 Å². The number of benzene rings is 2. The summed E-state index contributed by atoms with van der Waals surface area (Å²) in [5.74, 6) is 0.428. The van der Waals surface area contributed by atoms with E-state index in [-0.39, 0.29) is 23.1 Å². The number of amides is 2. The second-order valence-electron chi connectivity index (χ2n) is 7.79. The van der Waals surface area contributed by atoms with Crippen LogP contribution in [0, 0.1) is 0 Å². The monoisotopic (exact) mass is 475 g/mol. The molecule has 10 heteroatoms. The Labute approximate surface area is 194 Å². The van der Waals surface area contributed by atoms with Crippen LogP contribution >= 0.6 is 0 Å². The number of hydrogen-bond acceptors (Lipinski definition) is 6. The van der Waals surface area contributed by atoms with Crippen molar-refractivity contribution in [2.75, 3.05) is 31.4 Å². The number of piperidine rings is 1. The second-order valence-corrected chi connectivity index (χ2v) is 9.68. The van der Waals surface area contributed by atoms with Crippen molar-refractivity contribution in [2.45, 2.75) is 43.5 Å². The number of rotatable bonds is 8. The molecule has 9 nitrogen and oxygen atoms in total. The number of methoxy groups -OCH3 is 2. The van der Waals surface area contributed by atoms with Crippen molar-refractivity contribution in [2.24, 2.45) is 0 Å². The maximum absolute atomic E-state index is 13.3. The molecule has 1 atom stereocenters. The van der Waals surface area contributed by atoms with Crippen LogP contribution in [0.1, 0.15) is 32.6 Å². The fourth-order valence-corrected chi connectivity index (χ4v) is 5.57. The lowest BCUT2D eigenvalue weighted by Gasteiger charge is -2.34. The third-order valence-electron chi connectivity index (χ3n) is 5.45. The molecule has 1 saturated heterocycles. The van der Waals surface area contributed by atoms with Crippen molar-refractivity contribution < 1.29 is 27.5 Å². The molecule has 2 amide bonds. The van der Waals surface area contributed by atoms with Crippen LogP contribution in [0.25, 0.3) is 0 Å². The Kier molecular flexibility index (Phi) is 7.93. The van der Waals surface area contributed by atoms with Gasteiger partial charge in [-0.15, -0.1) is 0 Å². The van der Waals surface area contributed by atoms with Crippen LogP contribution in [0.5, 0.6) is 11.5 Å². The van der Waals surface area contributed by atoms with E-state index >= 15 is 0 Å². The molecule has 1 aliphatic heterocycles. The Morgan fingerprint density at radius 1 is 1.03 bits per heavy atom. The molecule has 1 unspecified atom stereocenters. The molecule has 0 saturated carbocycles. The van der Waals surface area contributed by atoms with Crippen molar-refractivity contribution in [3.8, 4) is 11.5 Å². The molecule has 0 aliphatic carbocycles. The van der Waals surface area contributed by atoms with Gasteiger partial charge in [0.2, 0.25) is 21.8 Å². The van der Waals surface area contributed by atoms with Crippen molar-refractivity contribution >= 4 is 33.2 Å². The fraction of sp³-hybridized carbons (Fsp3) is 0.391. The van der Waals surface area contributed by atoms with Gasteiger partial charge in [0.05, 0.1) is 24.8 Å². The average molecular weight is 476 g/mol. The standard InChI is InChI=1S/C23H29N3O6S/c1-16(27)24-17-7-12-22(32-3)21(14-17)25-23(28)15-18-6-4-5-13-26(18)33(29,30)20-10-8-19(31-2)9-11-20/h7-12,14,18H,4-6,13,15H2,1-3H3,(H,24,27)(H,25,28). The van der Waals surface area contributed by atoms with Gasteiger partial charge in [-0.2, -0.15) is 4.31 Å². The Morgan fingerprint density at radius 3 is 2.39 bits per heavy atom. The molecule has 1 aliphatic rings. The van der Waals surface area contributed by atoms with Gasteiger partial charge in [0.25, 0.3) is 0 Å². The number of carbonyl (C=O) groups is 2. The van der Waals surface area contributed by atoms with E-state index in [0.29, 0.717) is 35.8 Å². The Morgan fingerprint density at radius 2 is 1.76 bits per heavy atom. The third kappa shape index (κ3) is 6.02. The number of carbonyl (C=O) groups excluding carboxylic acids is 2. The zero-order valence-electron chi connectivity index (χ0n) is 19.0. The molecule has 33 heavy (non-hydrogen) atoms. The maximum atomic E-state index is 13.3. The first kappa shape index (κ1) is 24.5. The van der Waals surface area contributed by atoms with Gasteiger partial charge < -0.3 is 20.1 Å². The molecule has 1 fully saturated rings. The normalized spacial score (nSPS) is 16.6. The van der Waals surface area contributed by atoms with Gasteiger partial charge in [-0.1, -0.05) is 6.42 Å². The van der Waals surface area contributed by atoms with E-state index in [9.17, 15) is 18.0 Å². The van der Waals surface area contributed by atoms with Crippen molar-refractivity contribution in [3.63, 3.8) is 0 Å². The Hall–Kier alpha value is -3.11. The van der Waals surface area contributed by atoms with Gasteiger partial charge >= 0.3 is 0 Å². The predicted octanol–water partition coefficient (Wildman–Crippen LogP) is 3.23. The first-order valence-electron chi connectivity index (χ1n) is 10.7. The molecular formula is C23H29N3O6S. The summed E-state index contributed by atoms with van der Waals surface area (Å²) in [6.07, 6.45) is 2.17. The first-order chi connectivity index (χ1) is 15.7.